The Kier molecular flexibility index (Phi) is 11.4. The molecule has 0 amide bonds. The molecule has 0 aromatic heterocycles. The fourth-order valence-corrected chi connectivity index (χ4v) is 2.72. The molecule has 8 nitrogen and oxygen atoms in total. The van der Waals surface area contributed by atoms with Crippen molar-refractivity contribution >= 4 is 56.4 Å². The Bertz CT molecular complexity index is 898. The molecule has 0 radical (unpaired) electrons. The quantitative estimate of drug-likeness (QED) is 0.372. The monoisotopic (exact) mass is 544 g/mol. The molecule has 0 heterocycles. The molecule has 30 heavy (non-hydrogen) atoms. The summed E-state index contributed by atoms with van der Waals surface area (Å²) >= 11 is 6.42. The van der Waals surface area contributed by atoms with Gasteiger partial charge in [0.25, 0.3) is 0 Å². The fraction of sp³-hybridized carbons (Fsp3) is 0.200. The third-order valence-corrected chi connectivity index (χ3v) is 4.19. The van der Waals surface area contributed by atoms with E-state index in [0.717, 1.165) is 8.95 Å². The first kappa shape index (κ1) is 25.3. The Hall–Kier alpha value is -2.72. The van der Waals surface area contributed by atoms with Crippen molar-refractivity contribution in [3.05, 3.63) is 56.5 Å². The molecule has 2 aromatic carbocycles. The number of hydrogen-bond donors (Lipinski definition) is 1. The first-order valence-corrected chi connectivity index (χ1v) is 10.0. The number of carbonyl (C=O) groups is 4. The number of hydrogen-bond acceptors (Lipinski definition) is 7. The summed E-state index contributed by atoms with van der Waals surface area (Å²) in [5.41, 5.74) is 0.708. The number of carbonyl (C=O) groups excluding carboxylic acids is 3. The van der Waals surface area contributed by atoms with Crippen molar-refractivity contribution in [2.24, 2.45) is 0 Å². The highest BCUT2D eigenvalue weighted by Gasteiger charge is 2.07. The Morgan fingerprint density at radius 1 is 0.900 bits per heavy atom. The molecule has 1 N–H and O–H groups in total. The van der Waals surface area contributed by atoms with E-state index in [1.54, 1.807) is 37.3 Å². The second-order valence-corrected chi connectivity index (χ2v) is 7.21. The van der Waals surface area contributed by atoms with Crippen LogP contribution in [0.1, 0.15) is 27.6 Å². The van der Waals surface area contributed by atoms with Gasteiger partial charge < -0.3 is 19.3 Å². The zero-order chi connectivity index (χ0) is 22.5. The second-order valence-electron chi connectivity index (χ2n) is 5.38. The molecule has 160 valence electrons. The van der Waals surface area contributed by atoms with Crippen LogP contribution in [0.25, 0.3) is 0 Å². The van der Waals surface area contributed by atoms with Gasteiger partial charge in [0.2, 0.25) is 0 Å². The maximum atomic E-state index is 11.0. The Balaban J connectivity index is 0.000000303. The van der Waals surface area contributed by atoms with Crippen LogP contribution in [0.4, 0.5) is 0 Å². The van der Waals surface area contributed by atoms with E-state index in [2.05, 4.69) is 31.9 Å². The molecule has 0 aliphatic carbocycles. The van der Waals surface area contributed by atoms with E-state index in [0.29, 0.717) is 36.1 Å². The molecule has 2 rings (SSSR count). The van der Waals surface area contributed by atoms with Crippen LogP contribution in [-0.4, -0.2) is 49.4 Å². The summed E-state index contributed by atoms with van der Waals surface area (Å²) in [5, 5.41) is 8.37. The molecule has 0 aliphatic rings. The predicted molar refractivity (Wildman–Crippen MR) is 114 cm³/mol. The van der Waals surface area contributed by atoms with E-state index in [1.807, 2.05) is 0 Å². The number of esters is 1. The third kappa shape index (κ3) is 9.19. The maximum Gasteiger partial charge on any atom is 0.344 e. The van der Waals surface area contributed by atoms with Crippen LogP contribution < -0.4 is 9.47 Å². The summed E-state index contributed by atoms with van der Waals surface area (Å²) in [6.07, 6.45) is 1.28. The van der Waals surface area contributed by atoms with E-state index in [4.69, 9.17) is 19.3 Å². The van der Waals surface area contributed by atoms with Crippen LogP contribution in [0.5, 0.6) is 11.5 Å². The topological polar surface area (TPSA) is 116 Å². The third-order valence-electron chi connectivity index (χ3n) is 3.20. The van der Waals surface area contributed by atoms with Gasteiger partial charge in [0, 0.05) is 8.95 Å². The molecule has 10 heteroatoms. The van der Waals surface area contributed by atoms with E-state index < -0.39 is 18.5 Å². The fourth-order valence-electron chi connectivity index (χ4n) is 1.96. The van der Waals surface area contributed by atoms with Crippen LogP contribution >= 0.6 is 31.9 Å². The predicted octanol–water partition coefficient (Wildman–Crippen LogP) is 3.93. The van der Waals surface area contributed by atoms with Crippen LogP contribution in [0.2, 0.25) is 0 Å². The SMILES string of the molecule is CCOC(=O)COc1ccc(Br)cc1C=O.O=Cc1cc(Br)ccc1OCC(=O)O. The summed E-state index contributed by atoms with van der Waals surface area (Å²) < 4.78 is 16.3. The van der Waals surface area contributed by atoms with E-state index >= 15 is 0 Å². The number of carboxylic acids is 1. The highest BCUT2D eigenvalue weighted by atomic mass is 79.9. The van der Waals surface area contributed by atoms with Crippen molar-refractivity contribution in [1.82, 2.24) is 0 Å². The highest BCUT2D eigenvalue weighted by molar-refractivity contribution is 9.10. The number of carboxylic acid groups (broad SMARTS) is 1. The zero-order valence-corrected chi connectivity index (χ0v) is 19.0. The van der Waals surface area contributed by atoms with Crippen LogP contribution in [-0.2, 0) is 14.3 Å². The molecular weight excluding hydrogens is 528 g/mol. The number of aliphatic carboxylic acids is 1. The van der Waals surface area contributed by atoms with Gasteiger partial charge in [-0.25, -0.2) is 9.59 Å². The molecule has 2 aromatic rings. The average molecular weight is 546 g/mol. The number of ether oxygens (including phenoxy) is 3. The molecule has 0 atom stereocenters. The lowest BCUT2D eigenvalue weighted by Crippen LogP contribution is -2.15. The Morgan fingerprint density at radius 2 is 1.37 bits per heavy atom. The van der Waals surface area contributed by atoms with Gasteiger partial charge in [-0.2, -0.15) is 0 Å². The number of aldehydes is 2. The molecule has 0 saturated carbocycles. The smallest absolute Gasteiger partial charge is 0.344 e. The summed E-state index contributed by atoms with van der Waals surface area (Å²) in [5.74, 6) is -0.899. The summed E-state index contributed by atoms with van der Waals surface area (Å²) in [6.45, 7) is 1.37. The first-order chi connectivity index (χ1) is 14.3. The van der Waals surface area contributed by atoms with Gasteiger partial charge in [0.15, 0.2) is 25.8 Å². The second kappa shape index (κ2) is 13.5. The Labute approximate surface area is 189 Å². The van der Waals surface area contributed by atoms with Gasteiger partial charge in [-0.1, -0.05) is 31.9 Å². The van der Waals surface area contributed by atoms with Gasteiger partial charge in [0.05, 0.1) is 17.7 Å². The van der Waals surface area contributed by atoms with Gasteiger partial charge in [-0.15, -0.1) is 0 Å². The lowest BCUT2D eigenvalue weighted by Gasteiger charge is -2.07. The number of benzene rings is 2. The minimum absolute atomic E-state index is 0.198. The minimum Gasteiger partial charge on any atom is -0.481 e. The minimum atomic E-state index is -1.08. The van der Waals surface area contributed by atoms with Gasteiger partial charge in [-0.05, 0) is 43.3 Å². The average Bonchev–Trinajstić information content (AvgIpc) is 2.72. The van der Waals surface area contributed by atoms with Gasteiger partial charge in [-0.3, -0.25) is 9.59 Å². The summed E-state index contributed by atoms with van der Waals surface area (Å²) in [7, 11) is 0. The summed E-state index contributed by atoms with van der Waals surface area (Å²) in [6, 6.07) is 9.74. The van der Waals surface area contributed by atoms with E-state index in [1.165, 1.54) is 6.07 Å². The number of rotatable bonds is 9. The van der Waals surface area contributed by atoms with Crippen molar-refractivity contribution in [3.8, 4) is 11.5 Å². The molecule has 0 bridgehead atoms. The van der Waals surface area contributed by atoms with E-state index in [-0.39, 0.29) is 12.4 Å². The van der Waals surface area contributed by atoms with Crippen LogP contribution in [0.3, 0.4) is 0 Å². The van der Waals surface area contributed by atoms with Crippen molar-refractivity contribution in [2.75, 3.05) is 19.8 Å². The normalized spacial score (nSPS) is 9.57. The van der Waals surface area contributed by atoms with Gasteiger partial charge >= 0.3 is 11.9 Å². The molecular formula is C20H18Br2O8. The lowest BCUT2D eigenvalue weighted by atomic mass is 10.2. The van der Waals surface area contributed by atoms with Crippen molar-refractivity contribution < 1.29 is 38.5 Å². The van der Waals surface area contributed by atoms with Crippen molar-refractivity contribution in [2.45, 2.75) is 6.92 Å². The largest absolute Gasteiger partial charge is 0.481 e. The van der Waals surface area contributed by atoms with Gasteiger partial charge in [0.1, 0.15) is 11.5 Å². The molecule has 0 fully saturated rings. The summed E-state index contributed by atoms with van der Waals surface area (Å²) in [4.78, 5) is 42.6. The van der Waals surface area contributed by atoms with Crippen molar-refractivity contribution in [1.29, 1.82) is 0 Å². The maximum absolute atomic E-state index is 11.0. The molecule has 0 aliphatic heterocycles. The Morgan fingerprint density at radius 3 is 1.77 bits per heavy atom. The number of halogens is 2. The zero-order valence-electron chi connectivity index (χ0n) is 15.8. The van der Waals surface area contributed by atoms with Crippen LogP contribution in [0.15, 0.2) is 45.3 Å². The van der Waals surface area contributed by atoms with Crippen molar-refractivity contribution in [3.63, 3.8) is 0 Å². The lowest BCUT2D eigenvalue weighted by molar-refractivity contribution is -0.145. The highest BCUT2D eigenvalue weighted by Crippen LogP contribution is 2.22. The molecule has 0 spiro atoms. The van der Waals surface area contributed by atoms with Crippen LogP contribution in [0, 0.1) is 0 Å². The molecule has 0 unspecified atom stereocenters. The molecule has 0 saturated heterocycles. The first-order valence-electron chi connectivity index (χ1n) is 8.43. The van der Waals surface area contributed by atoms with E-state index in [9.17, 15) is 19.2 Å². The standard InChI is InChI=1S/C11H11BrO4.C9H7BrO4/c1-2-15-11(14)7-16-10-4-3-9(12)5-8(10)6-13;10-7-1-2-8(6(3-7)4-11)14-5-9(12)13/h3-6H,2,7H2,1H3;1-4H,5H2,(H,12,13).